The molecule has 0 fully saturated rings. The Labute approximate surface area is 128 Å². The summed E-state index contributed by atoms with van der Waals surface area (Å²) in [6.07, 6.45) is -10.1. The zero-order chi connectivity index (χ0) is 17.9. The summed E-state index contributed by atoms with van der Waals surface area (Å²) in [5, 5.41) is 29.6. The molecule has 24 heavy (non-hydrogen) atoms. The Hall–Kier alpha value is -2.92. The topological polar surface area (TPSA) is 90.3 Å². The number of hydrogen-bond donors (Lipinski definition) is 4. The van der Waals surface area contributed by atoms with Crippen molar-refractivity contribution in [2.45, 2.75) is 12.4 Å². The molecule has 0 amide bonds. The van der Waals surface area contributed by atoms with E-state index >= 15 is 0 Å². The van der Waals surface area contributed by atoms with E-state index in [4.69, 9.17) is 0 Å². The van der Waals surface area contributed by atoms with Crippen molar-refractivity contribution >= 4 is 22.7 Å². The molecule has 0 aliphatic carbocycles. The van der Waals surface area contributed by atoms with Crippen LogP contribution in [-0.2, 0) is 12.4 Å². The van der Waals surface area contributed by atoms with Gasteiger partial charge in [0, 0.05) is 0 Å². The van der Waals surface area contributed by atoms with E-state index in [1.165, 1.54) is 0 Å². The van der Waals surface area contributed by atoms with E-state index in [9.17, 15) is 36.6 Å². The molecule has 1 aromatic heterocycles. The molecule has 0 saturated carbocycles. The van der Waals surface area contributed by atoms with Gasteiger partial charge in [-0.2, -0.15) is 26.3 Å². The fourth-order valence-electron chi connectivity index (χ4n) is 2.18. The molecule has 1 aliphatic heterocycles. The predicted molar refractivity (Wildman–Crippen MR) is 68.4 cm³/mol. The molecule has 0 atom stereocenters. The van der Waals surface area contributed by atoms with Gasteiger partial charge in [0.25, 0.3) is 11.8 Å². The first-order chi connectivity index (χ1) is 11.0. The number of nitrogens with zero attached hydrogens (tertiary/aromatic N) is 2. The molecule has 1 aliphatic rings. The van der Waals surface area contributed by atoms with Gasteiger partial charge in [0.2, 0.25) is 0 Å². The number of nitrogens with one attached hydrogen (secondary N) is 2. The zero-order valence-corrected chi connectivity index (χ0v) is 11.2. The number of benzene rings is 1. The minimum absolute atomic E-state index is 0.0516. The maximum atomic E-state index is 13.1. The van der Waals surface area contributed by atoms with Crippen molar-refractivity contribution in [1.82, 2.24) is 10.2 Å². The van der Waals surface area contributed by atoms with Gasteiger partial charge in [-0.1, -0.05) is 0 Å². The summed E-state index contributed by atoms with van der Waals surface area (Å²) in [6.45, 7) is 0. The standard InChI is InChI=1S/C12H6F6N4O2/c13-11(14,15)3-1-4(12(16,17)18)6-5(2-3)19-7-8(20-6)10(24)22-21-9(7)23/h1-2,19-20H,(H,21,23)(H,22,24). The summed E-state index contributed by atoms with van der Waals surface area (Å²) in [6, 6.07) is 0.390. The average Bonchev–Trinajstić information content (AvgIpc) is 2.46. The fourth-order valence-corrected chi connectivity index (χ4v) is 2.18. The number of aromatic hydroxyl groups is 2. The highest BCUT2D eigenvalue weighted by Gasteiger charge is 2.41. The van der Waals surface area contributed by atoms with Crippen LogP contribution >= 0.6 is 0 Å². The summed E-state index contributed by atoms with van der Waals surface area (Å²) in [4.78, 5) is 0. The Bertz CT molecular complexity index is 834. The van der Waals surface area contributed by atoms with Gasteiger partial charge < -0.3 is 20.8 Å². The Morgan fingerprint density at radius 3 is 1.79 bits per heavy atom. The van der Waals surface area contributed by atoms with Crippen molar-refractivity contribution in [3.63, 3.8) is 0 Å². The van der Waals surface area contributed by atoms with Crippen LogP contribution in [0.4, 0.5) is 49.1 Å². The van der Waals surface area contributed by atoms with Crippen LogP contribution < -0.4 is 10.6 Å². The highest BCUT2D eigenvalue weighted by molar-refractivity contribution is 5.95. The van der Waals surface area contributed by atoms with E-state index in [1.807, 2.05) is 0 Å². The molecule has 0 radical (unpaired) electrons. The van der Waals surface area contributed by atoms with Crippen LogP contribution in [0.3, 0.4) is 0 Å². The minimum Gasteiger partial charge on any atom is -0.491 e. The molecule has 2 heterocycles. The fraction of sp³-hybridized carbons (Fsp3) is 0.167. The quantitative estimate of drug-likeness (QED) is 0.461. The van der Waals surface area contributed by atoms with Gasteiger partial charge in [-0.3, -0.25) is 0 Å². The summed E-state index contributed by atoms with van der Waals surface area (Å²) in [7, 11) is 0. The second-order valence-corrected chi connectivity index (χ2v) is 4.79. The van der Waals surface area contributed by atoms with E-state index in [0.717, 1.165) is 0 Å². The Balaban J connectivity index is 2.25. The van der Waals surface area contributed by atoms with Crippen LogP contribution in [0.2, 0.25) is 0 Å². The highest BCUT2D eigenvalue weighted by atomic mass is 19.4. The number of aromatic nitrogens is 2. The maximum Gasteiger partial charge on any atom is 0.418 e. The number of halogens is 6. The molecule has 3 rings (SSSR count). The Morgan fingerprint density at radius 1 is 0.750 bits per heavy atom. The molecular formula is C12H6F6N4O2. The van der Waals surface area contributed by atoms with Gasteiger partial charge in [-0.15, -0.1) is 10.2 Å². The van der Waals surface area contributed by atoms with Crippen LogP contribution in [0.5, 0.6) is 11.8 Å². The van der Waals surface area contributed by atoms with E-state index in [-0.39, 0.29) is 6.07 Å². The van der Waals surface area contributed by atoms with Crippen molar-refractivity contribution in [1.29, 1.82) is 0 Å². The molecular weight excluding hydrogens is 346 g/mol. The third kappa shape index (κ3) is 2.49. The van der Waals surface area contributed by atoms with E-state index in [2.05, 4.69) is 20.8 Å². The first-order valence-electron chi connectivity index (χ1n) is 6.13. The number of fused-ring (bicyclic) bond motifs is 2. The second-order valence-electron chi connectivity index (χ2n) is 4.79. The molecule has 0 spiro atoms. The zero-order valence-electron chi connectivity index (χ0n) is 11.2. The van der Waals surface area contributed by atoms with Gasteiger partial charge in [-0.05, 0) is 12.1 Å². The SMILES string of the molecule is Oc1nnc(O)c2c1Nc1cc(C(F)(F)F)cc(C(F)(F)F)c1N2. The lowest BCUT2D eigenvalue weighted by molar-refractivity contribution is -0.142. The summed E-state index contributed by atoms with van der Waals surface area (Å²) < 4.78 is 77.9. The van der Waals surface area contributed by atoms with Crippen molar-refractivity contribution in [3.8, 4) is 11.8 Å². The van der Waals surface area contributed by atoms with Crippen LogP contribution in [0.15, 0.2) is 12.1 Å². The summed E-state index contributed by atoms with van der Waals surface area (Å²) in [5.74, 6) is -1.65. The lowest BCUT2D eigenvalue weighted by Crippen LogP contribution is -2.18. The van der Waals surface area contributed by atoms with E-state index in [1.54, 1.807) is 0 Å². The first-order valence-corrected chi connectivity index (χ1v) is 6.13. The third-order valence-corrected chi connectivity index (χ3v) is 3.22. The molecule has 0 bridgehead atoms. The Kier molecular flexibility index (Phi) is 3.18. The van der Waals surface area contributed by atoms with Crippen molar-refractivity contribution in [2.75, 3.05) is 10.6 Å². The van der Waals surface area contributed by atoms with Gasteiger partial charge in [0.1, 0.15) is 11.4 Å². The smallest absolute Gasteiger partial charge is 0.418 e. The van der Waals surface area contributed by atoms with Crippen LogP contribution in [0, 0.1) is 0 Å². The summed E-state index contributed by atoms with van der Waals surface area (Å²) >= 11 is 0. The molecule has 128 valence electrons. The van der Waals surface area contributed by atoms with Gasteiger partial charge in [-0.25, -0.2) is 0 Å². The van der Waals surface area contributed by atoms with E-state index < -0.39 is 58.0 Å². The molecule has 2 aromatic rings. The normalized spacial score (nSPS) is 13.6. The lowest BCUT2D eigenvalue weighted by atomic mass is 10.0. The van der Waals surface area contributed by atoms with Gasteiger partial charge in [0.05, 0.1) is 22.5 Å². The maximum absolute atomic E-state index is 13.1. The third-order valence-electron chi connectivity index (χ3n) is 3.22. The lowest BCUT2D eigenvalue weighted by Gasteiger charge is -2.27. The largest absolute Gasteiger partial charge is 0.491 e. The molecule has 4 N–H and O–H groups in total. The monoisotopic (exact) mass is 352 g/mol. The van der Waals surface area contributed by atoms with Crippen molar-refractivity contribution in [2.24, 2.45) is 0 Å². The molecule has 0 saturated heterocycles. The summed E-state index contributed by atoms with van der Waals surface area (Å²) in [5.41, 5.74) is -5.31. The average molecular weight is 352 g/mol. The highest BCUT2D eigenvalue weighted by Crippen LogP contribution is 2.51. The number of hydrogen-bond acceptors (Lipinski definition) is 6. The first kappa shape index (κ1) is 16.0. The van der Waals surface area contributed by atoms with Crippen LogP contribution in [0.25, 0.3) is 0 Å². The second kappa shape index (κ2) is 4.79. The molecule has 0 unspecified atom stereocenters. The van der Waals surface area contributed by atoms with E-state index in [0.29, 0.717) is 6.07 Å². The number of rotatable bonds is 0. The van der Waals surface area contributed by atoms with Gasteiger partial charge >= 0.3 is 12.4 Å². The number of anilines is 4. The minimum atomic E-state index is -5.10. The molecule has 12 heteroatoms. The van der Waals surface area contributed by atoms with Crippen LogP contribution in [-0.4, -0.2) is 20.4 Å². The Morgan fingerprint density at radius 2 is 1.29 bits per heavy atom. The predicted octanol–water partition coefficient (Wildman–Crippen LogP) is 3.73. The van der Waals surface area contributed by atoms with Crippen molar-refractivity contribution in [3.05, 3.63) is 23.3 Å². The molecule has 6 nitrogen and oxygen atoms in total. The number of alkyl halides is 6. The van der Waals surface area contributed by atoms with Crippen molar-refractivity contribution < 1.29 is 36.6 Å². The van der Waals surface area contributed by atoms with Crippen LogP contribution in [0.1, 0.15) is 11.1 Å². The molecule has 1 aromatic carbocycles. The van der Waals surface area contributed by atoms with Gasteiger partial charge in [0.15, 0.2) is 0 Å².